The Balaban J connectivity index is 3.06. The van der Waals surface area contributed by atoms with E-state index in [0.29, 0.717) is 0 Å². The van der Waals surface area contributed by atoms with Gasteiger partial charge in [-0.15, -0.1) is 11.6 Å². The lowest BCUT2D eigenvalue weighted by molar-refractivity contribution is -0.117. The molecule has 2 nitrogen and oxygen atoms in total. The molecule has 0 radical (unpaired) electrons. The molecule has 0 rings (SSSR count). The van der Waals surface area contributed by atoms with E-state index in [1.54, 1.807) is 6.20 Å². The zero-order valence-corrected chi connectivity index (χ0v) is 18.8. The van der Waals surface area contributed by atoms with E-state index >= 15 is 0 Å². The molecule has 0 heterocycles. The summed E-state index contributed by atoms with van der Waals surface area (Å²) in [5, 5.41) is 2.64. The van der Waals surface area contributed by atoms with E-state index < -0.39 is 0 Å². The Hall–Kier alpha value is -0.500. The van der Waals surface area contributed by atoms with Crippen molar-refractivity contribution in [2.45, 2.75) is 129 Å². The number of unbranched alkanes of at least 4 members (excludes halogenated alkanes) is 18. The van der Waals surface area contributed by atoms with Gasteiger partial charge >= 0.3 is 0 Å². The molecule has 0 aromatic heterocycles. The third-order valence-electron chi connectivity index (χ3n) is 5.21. The third-order valence-corrected chi connectivity index (χ3v) is 5.45. The molecule has 0 bridgehead atoms. The van der Waals surface area contributed by atoms with Crippen molar-refractivity contribution in [3.05, 3.63) is 12.3 Å². The third kappa shape index (κ3) is 23.5. The molecule has 160 valence electrons. The van der Waals surface area contributed by atoms with Crippen LogP contribution in [0.2, 0.25) is 0 Å². The molecule has 0 unspecified atom stereocenters. The molecule has 1 N–H and O–H groups in total. The van der Waals surface area contributed by atoms with Crippen LogP contribution in [0.4, 0.5) is 0 Å². The Morgan fingerprint density at radius 1 is 0.667 bits per heavy atom. The predicted molar refractivity (Wildman–Crippen MR) is 121 cm³/mol. The minimum absolute atomic E-state index is 0.0313. The summed E-state index contributed by atoms with van der Waals surface area (Å²) in [6, 6.07) is 0. The number of nitrogens with one attached hydrogen (secondary N) is 1. The molecule has 0 atom stereocenters. The Morgan fingerprint density at radius 2 is 1.04 bits per heavy atom. The molecule has 0 spiro atoms. The molecule has 0 aromatic carbocycles. The van der Waals surface area contributed by atoms with Gasteiger partial charge in [-0.05, 0) is 19.0 Å². The van der Waals surface area contributed by atoms with Crippen molar-refractivity contribution in [2.24, 2.45) is 0 Å². The fourth-order valence-electron chi connectivity index (χ4n) is 3.44. The van der Waals surface area contributed by atoms with Gasteiger partial charge < -0.3 is 5.32 Å². The average molecular weight is 400 g/mol. The highest BCUT2D eigenvalue weighted by Crippen LogP contribution is 2.14. The molecule has 27 heavy (non-hydrogen) atoms. The van der Waals surface area contributed by atoms with E-state index in [-0.39, 0.29) is 11.8 Å². The van der Waals surface area contributed by atoms with Crippen LogP contribution in [0, 0.1) is 0 Å². The second-order valence-corrected chi connectivity index (χ2v) is 8.17. The SMILES string of the molecule is CCCCCCCCCCCCCCCCCCCCC=CNC(=O)CCl. The first-order chi connectivity index (χ1) is 13.3. The monoisotopic (exact) mass is 399 g/mol. The molecule has 0 fully saturated rings. The van der Waals surface area contributed by atoms with Gasteiger partial charge in [0.2, 0.25) is 5.91 Å². The van der Waals surface area contributed by atoms with Crippen LogP contribution in [-0.4, -0.2) is 11.8 Å². The van der Waals surface area contributed by atoms with Gasteiger partial charge in [0.25, 0.3) is 0 Å². The molecule has 0 aliphatic rings. The van der Waals surface area contributed by atoms with Gasteiger partial charge in [0.15, 0.2) is 0 Å². The largest absolute Gasteiger partial charge is 0.332 e. The standard InChI is InChI=1S/C24H46ClNO/c1-2-3-4-5-6-7-8-9-10-11-12-13-14-15-16-17-18-19-20-21-22-26-24(27)23-25/h21-22H,2-20,23H2,1H3,(H,26,27). The van der Waals surface area contributed by atoms with Crippen molar-refractivity contribution < 1.29 is 4.79 Å². The van der Waals surface area contributed by atoms with E-state index in [4.69, 9.17) is 11.6 Å². The number of hydrogen-bond acceptors (Lipinski definition) is 1. The predicted octanol–water partition coefficient (Wildman–Crippen LogP) is 8.29. The first-order valence-corrected chi connectivity index (χ1v) is 12.3. The molecule has 0 saturated heterocycles. The van der Waals surface area contributed by atoms with Crippen molar-refractivity contribution >= 4 is 17.5 Å². The first-order valence-electron chi connectivity index (χ1n) is 11.8. The van der Waals surface area contributed by atoms with Crippen LogP contribution in [0.15, 0.2) is 12.3 Å². The topological polar surface area (TPSA) is 29.1 Å². The summed E-state index contributed by atoms with van der Waals surface area (Å²) in [5.74, 6) is -0.102. The molecule has 0 saturated carbocycles. The van der Waals surface area contributed by atoms with Crippen LogP contribution in [-0.2, 0) is 4.79 Å². The summed E-state index contributed by atoms with van der Waals surface area (Å²) in [6.45, 7) is 2.29. The Morgan fingerprint density at radius 3 is 1.41 bits per heavy atom. The molecule has 3 heteroatoms. The number of amides is 1. The smallest absolute Gasteiger partial charge is 0.238 e. The maximum Gasteiger partial charge on any atom is 0.238 e. The van der Waals surface area contributed by atoms with E-state index in [1.807, 2.05) is 6.08 Å². The van der Waals surface area contributed by atoms with Crippen molar-refractivity contribution in [2.75, 3.05) is 5.88 Å². The number of allylic oxidation sites excluding steroid dienone is 1. The number of carbonyl (C=O) groups is 1. The van der Waals surface area contributed by atoms with Crippen LogP contribution in [0.1, 0.15) is 129 Å². The molecule has 0 aromatic rings. The summed E-state index contributed by atoms with van der Waals surface area (Å²) in [4.78, 5) is 10.9. The van der Waals surface area contributed by atoms with Gasteiger partial charge in [0.05, 0.1) is 0 Å². The fraction of sp³-hybridized carbons (Fsp3) is 0.875. The van der Waals surface area contributed by atoms with Gasteiger partial charge in [-0.25, -0.2) is 0 Å². The average Bonchev–Trinajstić information content (AvgIpc) is 2.68. The zero-order valence-electron chi connectivity index (χ0n) is 18.1. The number of rotatable bonds is 21. The normalized spacial score (nSPS) is 11.3. The highest BCUT2D eigenvalue weighted by molar-refractivity contribution is 6.27. The Bertz CT molecular complexity index is 330. The number of hydrogen-bond donors (Lipinski definition) is 1. The van der Waals surface area contributed by atoms with Crippen LogP contribution in [0.25, 0.3) is 0 Å². The number of carbonyl (C=O) groups excluding carboxylic acids is 1. The van der Waals surface area contributed by atoms with E-state index in [1.165, 1.54) is 116 Å². The van der Waals surface area contributed by atoms with Crippen LogP contribution in [0.5, 0.6) is 0 Å². The van der Waals surface area contributed by atoms with E-state index in [2.05, 4.69) is 12.2 Å². The van der Waals surface area contributed by atoms with Crippen LogP contribution >= 0.6 is 11.6 Å². The maximum absolute atomic E-state index is 10.9. The number of halogens is 1. The molecular formula is C24H46ClNO. The minimum atomic E-state index is -0.134. The first kappa shape index (κ1) is 26.5. The molecular weight excluding hydrogens is 354 g/mol. The molecule has 0 aliphatic heterocycles. The summed E-state index contributed by atoms with van der Waals surface area (Å²) in [5.41, 5.74) is 0. The van der Waals surface area contributed by atoms with Gasteiger partial charge in [0, 0.05) is 0 Å². The summed E-state index contributed by atoms with van der Waals surface area (Å²) in [7, 11) is 0. The Labute approximate surface area is 174 Å². The lowest BCUT2D eigenvalue weighted by Gasteiger charge is -2.03. The summed E-state index contributed by atoms with van der Waals surface area (Å²) < 4.78 is 0. The van der Waals surface area contributed by atoms with Crippen molar-refractivity contribution in [1.29, 1.82) is 0 Å². The van der Waals surface area contributed by atoms with Crippen LogP contribution in [0.3, 0.4) is 0 Å². The fourth-order valence-corrected chi connectivity index (χ4v) is 3.51. The highest BCUT2D eigenvalue weighted by Gasteiger charge is 1.95. The molecule has 1 amide bonds. The van der Waals surface area contributed by atoms with Crippen LogP contribution < -0.4 is 5.32 Å². The van der Waals surface area contributed by atoms with Gasteiger partial charge in [-0.1, -0.05) is 122 Å². The second kappa shape index (κ2) is 23.5. The second-order valence-electron chi connectivity index (χ2n) is 7.90. The van der Waals surface area contributed by atoms with Gasteiger partial charge in [-0.2, -0.15) is 0 Å². The lowest BCUT2D eigenvalue weighted by atomic mass is 10.0. The number of alkyl halides is 1. The van der Waals surface area contributed by atoms with Gasteiger partial charge in [0.1, 0.15) is 5.88 Å². The summed E-state index contributed by atoms with van der Waals surface area (Å²) >= 11 is 5.40. The quantitative estimate of drug-likeness (QED) is 0.152. The minimum Gasteiger partial charge on any atom is -0.332 e. The highest BCUT2D eigenvalue weighted by atomic mass is 35.5. The maximum atomic E-state index is 10.9. The summed E-state index contributed by atoms with van der Waals surface area (Å²) in [6.07, 6.45) is 30.1. The zero-order chi connectivity index (χ0) is 19.8. The van der Waals surface area contributed by atoms with E-state index in [0.717, 1.165) is 6.42 Å². The van der Waals surface area contributed by atoms with Gasteiger partial charge in [-0.3, -0.25) is 4.79 Å². The van der Waals surface area contributed by atoms with Crippen molar-refractivity contribution in [1.82, 2.24) is 5.32 Å². The Kier molecular flexibility index (Phi) is 23.1. The van der Waals surface area contributed by atoms with Crippen molar-refractivity contribution in [3.63, 3.8) is 0 Å². The van der Waals surface area contributed by atoms with E-state index in [9.17, 15) is 4.79 Å². The lowest BCUT2D eigenvalue weighted by Crippen LogP contribution is -2.17. The van der Waals surface area contributed by atoms with Crippen molar-refractivity contribution in [3.8, 4) is 0 Å². The molecule has 0 aliphatic carbocycles.